The lowest BCUT2D eigenvalue weighted by Gasteiger charge is -2.13. The third kappa shape index (κ3) is 3.57. The Hall–Kier alpha value is -0.740. The van der Waals surface area contributed by atoms with E-state index in [2.05, 4.69) is 4.98 Å². The summed E-state index contributed by atoms with van der Waals surface area (Å²) >= 11 is 36.9. The summed E-state index contributed by atoms with van der Waals surface area (Å²) in [5.41, 5.74) is 0.818. The summed E-state index contributed by atoms with van der Waals surface area (Å²) in [5, 5.41) is 1.37. The fourth-order valence-electron chi connectivity index (χ4n) is 2.26. The van der Waals surface area contributed by atoms with Crippen LogP contribution in [0.4, 0.5) is 4.39 Å². The summed E-state index contributed by atoms with van der Waals surface area (Å²) < 4.78 is 14.4. The second kappa shape index (κ2) is 7.48. The van der Waals surface area contributed by atoms with Crippen molar-refractivity contribution in [2.75, 3.05) is 0 Å². The van der Waals surface area contributed by atoms with Crippen molar-refractivity contribution in [1.82, 2.24) is 4.98 Å². The van der Waals surface area contributed by atoms with Crippen LogP contribution in [-0.2, 0) is 0 Å². The van der Waals surface area contributed by atoms with Crippen LogP contribution in [0, 0.1) is 5.82 Å². The fourth-order valence-corrected chi connectivity index (χ4v) is 3.69. The highest BCUT2D eigenvalue weighted by atomic mass is 35.5. The average molecular weight is 456 g/mol. The Labute approximate surface area is 173 Å². The van der Waals surface area contributed by atoms with Crippen LogP contribution in [0.15, 0.2) is 36.4 Å². The lowest BCUT2D eigenvalue weighted by Crippen LogP contribution is -1.95. The largest absolute Gasteiger partial charge is 0.244 e. The van der Waals surface area contributed by atoms with E-state index in [0.717, 1.165) is 0 Å². The molecule has 3 rings (SSSR count). The minimum atomic E-state index is -0.621. The molecule has 0 atom stereocenters. The minimum absolute atomic E-state index is 0.0675. The number of hydrogen-bond acceptors (Lipinski definition) is 1. The summed E-state index contributed by atoms with van der Waals surface area (Å²) in [4.78, 5) is 4.31. The first-order chi connectivity index (χ1) is 11.8. The van der Waals surface area contributed by atoms with Gasteiger partial charge in [0.25, 0.3) is 0 Å². The first-order valence-corrected chi connectivity index (χ1v) is 9.02. The van der Waals surface area contributed by atoms with Gasteiger partial charge in [0, 0.05) is 11.1 Å². The molecule has 0 radical (unpaired) electrons. The molecule has 2 aromatic carbocycles. The van der Waals surface area contributed by atoms with Gasteiger partial charge in [0.05, 0.1) is 35.8 Å². The molecule has 0 saturated carbocycles. The highest BCUT2D eigenvalue weighted by molar-refractivity contribution is 6.47. The molecule has 0 aliphatic heterocycles. The Kier molecular flexibility index (Phi) is 5.69. The van der Waals surface area contributed by atoms with E-state index in [-0.39, 0.29) is 31.3 Å². The van der Waals surface area contributed by atoms with Gasteiger partial charge in [0.2, 0.25) is 0 Å². The molecule has 1 nitrogen and oxygen atoms in total. The maximum atomic E-state index is 14.4. The number of halogens is 7. The van der Waals surface area contributed by atoms with Crippen LogP contribution in [0.1, 0.15) is 0 Å². The van der Waals surface area contributed by atoms with Crippen molar-refractivity contribution in [3.8, 4) is 22.5 Å². The third-order valence-corrected chi connectivity index (χ3v) is 5.67. The number of hydrogen-bond donors (Lipinski definition) is 0. The van der Waals surface area contributed by atoms with Crippen LogP contribution in [0.25, 0.3) is 22.5 Å². The Balaban J connectivity index is 2.29. The minimum Gasteiger partial charge on any atom is -0.244 e. The molecule has 3 aromatic rings. The first kappa shape index (κ1) is 19.0. The molecule has 0 fully saturated rings. The number of rotatable bonds is 2. The molecule has 128 valence electrons. The molecule has 0 N–H and O–H groups in total. The van der Waals surface area contributed by atoms with Crippen molar-refractivity contribution in [2.45, 2.75) is 0 Å². The second-order valence-electron chi connectivity index (χ2n) is 4.96. The van der Waals surface area contributed by atoms with Crippen molar-refractivity contribution in [1.29, 1.82) is 0 Å². The van der Waals surface area contributed by atoms with Gasteiger partial charge in [0.1, 0.15) is 11.5 Å². The molecule has 0 amide bonds. The van der Waals surface area contributed by atoms with E-state index >= 15 is 0 Å². The molecule has 0 aliphatic rings. The van der Waals surface area contributed by atoms with Crippen molar-refractivity contribution in [3.05, 3.63) is 72.4 Å². The van der Waals surface area contributed by atoms with Crippen molar-refractivity contribution in [3.63, 3.8) is 0 Å². The molecule has 1 aromatic heterocycles. The third-order valence-electron chi connectivity index (χ3n) is 3.43. The van der Waals surface area contributed by atoms with Gasteiger partial charge in [-0.2, -0.15) is 0 Å². The van der Waals surface area contributed by atoms with Crippen molar-refractivity contribution < 1.29 is 4.39 Å². The zero-order chi connectivity index (χ0) is 18.3. The predicted octanol–water partition coefficient (Wildman–Crippen LogP) is 8.48. The van der Waals surface area contributed by atoms with Gasteiger partial charge in [0.15, 0.2) is 0 Å². The van der Waals surface area contributed by atoms with Gasteiger partial charge in [-0.05, 0) is 36.4 Å². The Morgan fingerprint density at radius 1 is 0.600 bits per heavy atom. The van der Waals surface area contributed by atoms with Gasteiger partial charge in [-0.1, -0.05) is 69.6 Å². The van der Waals surface area contributed by atoms with E-state index in [0.29, 0.717) is 21.3 Å². The summed E-state index contributed by atoms with van der Waals surface area (Å²) in [6.07, 6.45) is 0. The normalized spacial score (nSPS) is 11.0. The Bertz CT molecular complexity index is 989. The fraction of sp³-hybridized carbons (Fsp3) is 0. The topological polar surface area (TPSA) is 12.9 Å². The Morgan fingerprint density at radius 3 is 1.68 bits per heavy atom. The quantitative estimate of drug-likeness (QED) is 0.353. The van der Waals surface area contributed by atoms with E-state index in [4.69, 9.17) is 69.6 Å². The number of benzene rings is 2. The van der Waals surface area contributed by atoms with Gasteiger partial charge in [-0.3, -0.25) is 0 Å². The van der Waals surface area contributed by atoms with E-state index < -0.39 is 5.82 Å². The monoisotopic (exact) mass is 453 g/mol. The van der Waals surface area contributed by atoms with Crippen LogP contribution in [0.3, 0.4) is 0 Å². The summed E-state index contributed by atoms with van der Waals surface area (Å²) in [6.45, 7) is 0. The van der Waals surface area contributed by atoms with E-state index in [9.17, 15) is 4.39 Å². The zero-order valence-corrected chi connectivity index (χ0v) is 16.6. The SMILES string of the molecule is Fc1ccc(-c2c(Cl)ccc(Cl)c2Cl)nc1-c1c(Cl)ccc(Cl)c1Cl. The summed E-state index contributed by atoms with van der Waals surface area (Å²) in [7, 11) is 0. The zero-order valence-electron chi connectivity index (χ0n) is 12.1. The van der Waals surface area contributed by atoms with Crippen LogP contribution in [-0.4, -0.2) is 4.98 Å². The van der Waals surface area contributed by atoms with Crippen LogP contribution >= 0.6 is 69.6 Å². The number of pyridine rings is 1. The molecule has 0 saturated heterocycles. The lowest BCUT2D eigenvalue weighted by atomic mass is 10.1. The van der Waals surface area contributed by atoms with E-state index in [1.807, 2.05) is 0 Å². The lowest BCUT2D eigenvalue weighted by molar-refractivity contribution is 0.626. The maximum Gasteiger partial charge on any atom is 0.149 e. The van der Waals surface area contributed by atoms with Crippen LogP contribution in [0.2, 0.25) is 30.1 Å². The standard InChI is InChI=1S/C17H6Cl6FN/c18-7-1-3-9(20)15(22)13(7)12-6-5-11(24)17(25-12)14-8(19)2-4-10(21)16(14)23/h1-6H. The Morgan fingerprint density at radius 2 is 1.08 bits per heavy atom. The van der Waals surface area contributed by atoms with Gasteiger partial charge in [-0.15, -0.1) is 0 Å². The van der Waals surface area contributed by atoms with Gasteiger partial charge < -0.3 is 0 Å². The van der Waals surface area contributed by atoms with Gasteiger partial charge >= 0.3 is 0 Å². The summed E-state index contributed by atoms with van der Waals surface area (Å²) in [6, 6.07) is 8.83. The molecular weight excluding hydrogens is 450 g/mol. The maximum absolute atomic E-state index is 14.4. The molecule has 25 heavy (non-hydrogen) atoms. The van der Waals surface area contributed by atoms with E-state index in [1.54, 1.807) is 12.1 Å². The molecule has 0 aliphatic carbocycles. The predicted molar refractivity (Wildman–Crippen MR) is 105 cm³/mol. The molecule has 0 unspecified atom stereocenters. The van der Waals surface area contributed by atoms with Crippen LogP contribution < -0.4 is 0 Å². The van der Waals surface area contributed by atoms with Crippen molar-refractivity contribution in [2.24, 2.45) is 0 Å². The van der Waals surface area contributed by atoms with Crippen LogP contribution in [0.5, 0.6) is 0 Å². The number of aromatic nitrogens is 1. The molecule has 8 heteroatoms. The summed E-state index contributed by atoms with van der Waals surface area (Å²) in [5.74, 6) is -0.621. The highest BCUT2D eigenvalue weighted by Crippen LogP contribution is 2.42. The van der Waals surface area contributed by atoms with Crippen molar-refractivity contribution >= 4 is 69.6 Å². The van der Waals surface area contributed by atoms with E-state index in [1.165, 1.54) is 24.3 Å². The van der Waals surface area contributed by atoms with Gasteiger partial charge in [-0.25, -0.2) is 9.37 Å². The molecular formula is C17H6Cl6FN. The first-order valence-electron chi connectivity index (χ1n) is 6.75. The second-order valence-corrected chi connectivity index (χ2v) is 7.35. The highest BCUT2D eigenvalue weighted by Gasteiger charge is 2.20. The molecule has 0 bridgehead atoms. The smallest absolute Gasteiger partial charge is 0.149 e. The molecule has 0 spiro atoms. The molecule has 1 heterocycles. The number of nitrogens with zero attached hydrogens (tertiary/aromatic N) is 1. The average Bonchev–Trinajstić information content (AvgIpc) is 2.57.